The third kappa shape index (κ3) is 3.09. The molecule has 0 bridgehead atoms. The fourth-order valence-corrected chi connectivity index (χ4v) is 2.80. The van der Waals surface area contributed by atoms with Gasteiger partial charge in [-0.2, -0.15) is 4.98 Å². The van der Waals surface area contributed by atoms with Crippen LogP contribution in [0.1, 0.15) is 15.2 Å². The Morgan fingerprint density at radius 3 is 2.91 bits per heavy atom. The molecule has 0 saturated heterocycles. The van der Waals surface area contributed by atoms with E-state index in [-0.39, 0.29) is 17.5 Å². The zero-order valence-corrected chi connectivity index (χ0v) is 12.8. The number of anilines is 1. The summed E-state index contributed by atoms with van der Waals surface area (Å²) in [7, 11) is 0. The number of aromatic nitrogens is 3. The van der Waals surface area contributed by atoms with Crippen LogP contribution < -0.4 is 5.32 Å². The van der Waals surface area contributed by atoms with Gasteiger partial charge in [0.1, 0.15) is 0 Å². The molecule has 1 amide bonds. The molecule has 0 radical (unpaired) electrons. The molecule has 0 unspecified atom stereocenters. The SMILES string of the molecule is Cc1ccsc1C(=O)Nc1n[nH]c(-c2cccc([N+](=O)[O-])c2)n1. The zero-order chi connectivity index (χ0) is 16.4. The fraction of sp³-hybridized carbons (Fsp3) is 0.0714. The maximum Gasteiger partial charge on any atom is 0.270 e. The Bertz CT molecular complexity index is 886. The van der Waals surface area contributed by atoms with Crippen LogP contribution in [-0.2, 0) is 0 Å². The van der Waals surface area contributed by atoms with Crippen LogP contribution in [0.15, 0.2) is 35.7 Å². The molecule has 9 heteroatoms. The Labute approximate surface area is 134 Å². The topological polar surface area (TPSA) is 114 Å². The molecule has 8 nitrogen and oxygen atoms in total. The van der Waals surface area contributed by atoms with Gasteiger partial charge in [-0.15, -0.1) is 16.4 Å². The monoisotopic (exact) mass is 329 g/mol. The second kappa shape index (κ2) is 5.97. The lowest BCUT2D eigenvalue weighted by atomic mass is 10.2. The number of rotatable bonds is 4. The molecule has 2 aromatic heterocycles. The number of nitro benzene ring substituents is 1. The van der Waals surface area contributed by atoms with Crippen molar-refractivity contribution in [2.24, 2.45) is 0 Å². The number of amides is 1. The van der Waals surface area contributed by atoms with Crippen LogP contribution in [0.5, 0.6) is 0 Å². The van der Waals surface area contributed by atoms with E-state index in [1.165, 1.54) is 23.5 Å². The Kier molecular flexibility index (Phi) is 3.85. The predicted octanol–water partition coefficient (Wildman–Crippen LogP) is 3.00. The Hall–Kier alpha value is -3.07. The lowest BCUT2D eigenvalue weighted by Gasteiger charge is -1.99. The van der Waals surface area contributed by atoms with Crippen LogP contribution in [0.4, 0.5) is 11.6 Å². The molecule has 1 aromatic carbocycles. The molecule has 2 heterocycles. The first kappa shape index (κ1) is 14.9. The van der Waals surface area contributed by atoms with Gasteiger partial charge in [-0.25, -0.2) is 0 Å². The van der Waals surface area contributed by atoms with E-state index in [2.05, 4.69) is 20.5 Å². The minimum Gasteiger partial charge on any atom is -0.288 e. The van der Waals surface area contributed by atoms with Crippen molar-refractivity contribution < 1.29 is 9.72 Å². The number of aryl methyl sites for hydroxylation is 1. The predicted molar refractivity (Wildman–Crippen MR) is 85.5 cm³/mol. The molecule has 116 valence electrons. The quantitative estimate of drug-likeness (QED) is 0.564. The largest absolute Gasteiger partial charge is 0.288 e. The number of hydrogen-bond donors (Lipinski definition) is 2. The van der Waals surface area contributed by atoms with Crippen LogP contribution in [0, 0.1) is 17.0 Å². The smallest absolute Gasteiger partial charge is 0.270 e. The van der Waals surface area contributed by atoms with Crippen LogP contribution in [0.25, 0.3) is 11.4 Å². The number of nitrogens with zero attached hydrogens (tertiary/aromatic N) is 3. The van der Waals surface area contributed by atoms with Crippen molar-refractivity contribution in [3.8, 4) is 11.4 Å². The van der Waals surface area contributed by atoms with Gasteiger partial charge < -0.3 is 0 Å². The van der Waals surface area contributed by atoms with Crippen molar-refractivity contribution >= 4 is 28.9 Å². The van der Waals surface area contributed by atoms with Gasteiger partial charge in [-0.05, 0) is 23.9 Å². The number of H-pyrrole nitrogens is 1. The first-order valence-corrected chi connectivity index (χ1v) is 7.45. The van der Waals surface area contributed by atoms with E-state index < -0.39 is 4.92 Å². The van der Waals surface area contributed by atoms with E-state index in [1.807, 2.05) is 18.4 Å². The number of carbonyl (C=O) groups is 1. The van der Waals surface area contributed by atoms with Gasteiger partial charge >= 0.3 is 0 Å². The average molecular weight is 329 g/mol. The maximum atomic E-state index is 12.1. The lowest BCUT2D eigenvalue weighted by Crippen LogP contribution is -2.12. The number of thiophene rings is 1. The molecule has 3 aromatic rings. The molecular weight excluding hydrogens is 318 g/mol. The molecule has 23 heavy (non-hydrogen) atoms. The second-order valence-electron chi connectivity index (χ2n) is 4.70. The van der Waals surface area contributed by atoms with E-state index in [0.29, 0.717) is 16.3 Å². The number of aromatic amines is 1. The Morgan fingerprint density at radius 1 is 1.39 bits per heavy atom. The lowest BCUT2D eigenvalue weighted by molar-refractivity contribution is -0.384. The summed E-state index contributed by atoms with van der Waals surface area (Å²) >= 11 is 1.33. The van der Waals surface area contributed by atoms with Crippen molar-refractivity contribution in [3.05, 3.63) is 56.3 Å². The number of carbonyl (C=O) groups excluding carboxylic acids is 1. The van der Waals surface area contributed by atoms with Crippen LogP contribution in [0.3, 0.4) is 0 Å². The first-order valence-electron chi connectivity index (χ1n) is 6.57. The summed E-state index contributed by atoms with van der Waals surface area (Å²) in [6.45, 7) is 1.85. The summed E-state index contributed by atoms with van der Waals surface area (Å²) in [6.07, 6.45) is 0. The number of hydrogen-bond acceptors (Lipinski definition) is 6. The highest BCUT2D eigenvalue weighted by Gasteiger charge is 2.15. The van der Waals surface area contributed by atoms with E-state index in [0.717, 1.165) is 5.56 Å². The number of benzene rings is 1. The molecule has 2 N–H and O–H groups in total. The summed E-state index contributed by atoms with van der Waals surface area (Å²) in [6, 6.07) is 7.86. The molecule has 0 aliphatic rings. The van der Waals surface area contributed by atoms with E-state index in [4.69, 9.17) is 0 Å². The van der Waals surface area contributed by atoms with Gasteiger partial charge in [0, 0.05) is 17.7 Å². The Balaban J connectivity index is 1.81. The number of nitrogens with one attached hydrogen (secondary N) is 2. The third-order valence-electron chi connectivity index (χ3n) is 3.11. The van der Waals surface area contributed by atoms with Gasteiger partial charge in [0.15, 0.2) is 5.82 Å². The second-order valence-corrected chi connectivity index (χ2v) is 5.62. The molecule has 0 atom stereocenters. The van der Waals surface area contributed by atoms with Gasteiger partial charge in [-0.1, -0.05) is 12.1 Å². The minimum atomic E-state index is -0.484. The van der Waals surface area contributed by atoms with Crippen LogP contribution >= 0.6 is 11.3 Å². The van der Waals surface area contributed by atoms with Crippen molar-refractivity contribution in [1.29, 1.82) is 0 Å². The standard InChI is InChI=1S/C14H11N5O3S/c1-8-5-6-23-11(8)13(20)16-14-15-12(17-18-14)9-3-2-4-10(7-9)19(21)22/h2-7H,1H3,(H2,15,16,17,18,20). The van der Waals surface area contributed by atoms with Crippen LogP contribution in [-0.4, -0.2) is 26.0 Å². The fourth-order valence-electron chi connectivity index (χ4n) is 1.98. The highest BCUT2D eigenvalue weighted by atomic mass is 32.1. The normalized spacial score (nSPS) is 10.5. The summed E-state index contributed by atoms with van der Waals surface area (Å²) in [5, 5.41) is 21.8. The Morgan fingerprint density at radius 2 is 2.22 bits per heavy atom. The van der Waals surface area contributed by atoms with Crippen molar-refractivity contribution in [1.82, 2.24) is 15.2 Å². The van der Waals surface area contributed by atoms with E-state index >= 15 is 0 Å². The van der Waals surface area contributed by atoms with Gasteiger partial charge in [0.05, 0.1) is 9.80 Å². The summed E-state index contributed by atoms with van der Waals surface area (Å²) in [4.78, 5) is 27.2. The average Bonchev–Trinajstić information content (AvgIpc) is 3.16. The molecule has 0 spiro atoms. The number of non-ortho nitro benzene ring substituents is 1. The van der Waals surface area contributed by atoms with Crippen molar-refractivity contribution in [2.45, 2.75) is 6.92 Å². The first-order chi connectivity index (χ1) is 11.0. The third-order valence-corrected chi connectivity index (χ3v) is 4.12. The molecule has 3 rings (SSSR count). The molecular formula is C14H11N5O3S. The molecule has 0 saturated carbocycles. The summed E-state index contributed by atoms with van der Waals surface area (Å²) in [5.41, 5.74) is 1.35. The number of nitro groups is 1. The molecule has 0 aliphatic heterocycles. The molecule has 0 fully saturated rings. The van der Waals surface area contributed by atoms with Crippen molar-refractivity contribution in [2.75, 3.05) is 5.32 Å². The summed E-state index contributed by atoms with van der Waals surface area (Å²) < 4.78 is 0. The minimum absolute atomic E-state index is 0.0429. The molecule has 0 aliphatic carbocycles. The van der Waals surface area contributed by atoms with E-state index in [9.17, 15) is 14.9 Å². The maximum absolute atomic E-state index is 12.1. The van der Waals surface area contributed by atoms with Gasteiger partial charge in [-0.3, -0.25) is 25.3 Å². The highest BCUT2D eigenvalue weighted by molar-refractivity contribution is 7.12. The van der Waals surface area contributed by atoms with Crippen LogP contribution in [0.2, 0.25) is 0 Å². The van der Waals surface area contributed by atoms with Gasteiger partial charge in [0.2, 0.25) is 5.95 Å². The summed E-state index contributed by atoms with van der Waals surface area (Å²) in [5.74, 6) is 0.165. The highest BCUT2D eigenvalue weighted by Crippen LogP contribution is 2.22. The van der Waals surface area contributed by atoms with Crippen molar-refractivity contribution in [3.63, 3.8) is 0 Å². The van der Waals surface area contributed by atoms with Gasteiger partial charge in [0.25, 0.3) is 11.6 Å². The zero-order valence-electron chi connectivity index (χ0n) is 11.9. The van der Waals surface area contributed by atoms with E-state index in [1.54, 1.807) is 12.1 Å².